The lowest BCUT2D eigenvalue weighted by molar-refractivity contribution is -0.395. The Hall–Kier alpha value is -3.65. The Morgan fingerprint density at radius 2 is 1.56 bits per heavy atom. The average molecular weight is 471 g/mol. The van der Waals surface area contributed by atoms with Gasteiger partial charge in [-0.3, -0.25) is 20.2 Å². The third kappa shape index (κ3) is 5.95. The molecule has 2 aromatic rings. The van der Waals surface area contributed by atoms with Crippen molar-refractivity contribution >= 4 is 17.1 Å². The van der Waals surface area contributed by atoms with E-state index < -0.39 is 63.2 Å². The molecule has 0 atom stereocenters. The molecule has 0 spiro atoms. The molecule has 2 aromatic carbocycles. The maximum atomic E-state index is 13.3. The predicted molar refractivity (Wildman–Crippen MR) is 95.0 cm³/mol. The lowest BCUT2D eigenvalue weighted by atomic mass is 10.0. The molecule has 0 fully saturated rings. The van der Waals surface area contributed by atoms with Gasteiger partial charge < -0.3 is 10.1 Å². The zero-order valence-corrected chi connectivity index (χ0v) is 15.5. The molecule has 0 saturated heterocycles. The molecule has 1 N–H and O–H groups in total. The predicted octanol–water partition coefficient (Wildman–Crippen LogP) is 5.41. The Morgan fingerprint density at radius 1 is 0.969 bits per heavy atom. The number of hydrogen-bond acceptors (Lipinski definition) is 6. The maximum absolute atomic E-state index is 13.3. The van der Waals surface area contributed by atoms with Crippen molar-refractivity contribution in [2.45, 2.75) is 25.1 Å². The van der Waals surface area contributed by atoms with Crippen molar-refractivity contribution in [3.63, 3.8) is 0 Å². The van der Waals surface area contributed by atoms with Crippen molar-refractivity contribution in [2.75, 3.05) is 11.9 Å². The van der Waals surface area contributed by atoms with E-state index >= 15 is 0 Å². The summed E-state index contributed by atoms with van der Waals surface area (Å²) in [5.74, 6) is -0.605. The van der Waals surface area contributed by atoms with Gasteiger partial charge in [0.15, 0.2) is 0 Å². The first kappa shape index (κ1) is 24.6. The van der Waals surface area contributed by atoms with Crippen LogP contribution in [-0.4, -0.2) is 28.9 Å². The zero-order chi connectivity index (χ0) is 24.3. The third-order valence-electron chi connectivity index (χ3n) is 3.99. The number of non-ortho nitro benzene ring substituents is 1. The molecule has 0 radical (unpaired) electrons. The second-order valence-electron chi connectivity index (χ2n) is 6.17. The van der Waals surface area contributed by atoms with Gasteiger partial charge in [0, 0.05) is 23.9 Å². The van der Waals surface area contributed by atoms with E-state index in [-0.39, 0.29) is 18.3 Å². The summed E-state index contributed by atoms with van der Waals surface area (Å²) in [7, 11) is 0. The number of nitro groups is 2. The summed E-state index contributed by atoms with van der Waals surface area (Å²) in [6.45, 7) is -0.324. The van der Waals surface area contributed by atoms with Crippen LogP contribution in [0.25, 0.3) is 0 Å². The van der Waals surface area contributed by atoms with E-state index in [0.717, 1.165) is 24.3 Å². The Morgan fingerprint density at radius 3 is 2.03 bits per heavy atom. The quantitative estimate of drug-likeness (QED) is 0.298. The van der Waals surface area contributed by atoms with Gasteiger partial charge in [0.1, 0.15) is 5.75 Å². The van der Waals surface area contributed by atoms with Crippen LogP contribution in [0, 0.1) is 20.2 Å². The van der Waals surface area contributed by atoms with Gasteiger partial charge in [-0.15, -0.1) is 0 Å². The summed E-state index contributed by atoms with van der Waals surface area (Å²) in [4.78, 5) is 19.6. The van der Waals surface area contributed by atoms with Crippen molar-refractivity contribution in [3.05, 3.63) is 67.8 Å². The normalized spacial score (nSPS) is 12.0. The third-order valence-corrected chi connectivity index (χ3v) is 3.99. The molecule has 8 nitrogen and oxygen atoms in total. The molecule has 0 unspecified atom stereocenters. The van der Waals surface area contributed by atoms with Crippen molar-refractivity contribution in [3.8, 4) is 5.75 Å². The summed E-state index contributed by atoms with van der Waals surface area (Å²) < 4.78 is 93.8. The number of rotatable bonds is 9. The molecular formula is C17H12F7N3O5. The number of benzene rings is 2. The van der Waals surface area contributed by atoms with Crippen LogP contribution in [0.4, 0.5) is 47.8 Å². The fraction of sp³-hybridized carbons (Fsp3) is 0.294. The van der Waals surface area contributed by atoms with E-state index in [1.807, 2.05) is 0 Å². The molecule has 174 valence electrons. The van der Waals surface area contributed by atoms with Crippen molar-refractivity contribution in [1.82, 2.24) is 0 Å². The maximum Gasteiger partial charge on any atom is 0.461 e. The Balaban J connectivity index is 2.20. The molecular weight excluding hydrogens is 459 g/mol. The second kappa shape index (κ2) is 9.23. The molecule has 0 saturated carbocycles. The molecule has 0 aliphatic carbocycles. The Labute approximate surface area is 173 Å². The summed E-state index contributed by atoms with van der Waals surface area (Å²) >= 11 is 0. The number of nitro benzene ring substituents is 2. The van der Waals surface area contributed by atoms with Crippen LogP contribution < -0.4 is 10.1 Å². The van der Waals surface area contributed by atoms with Crippen LogP contribution in [0.15, 0.2) is 36.4 Å². The first-order chi connectivity index (χ1) is 14.7. The van der Waals surface area contributed by atoms with E-state index in [1.165, 1.54) is 0 Å². The molecule has 0 bridgehead atoms. The highest BCUT2D eigenvalue weighted by atomic mass is 19.4. The number of ether oxygens (including phenoxy) is 1. The molecule has 32 heavy (non-hydrogen) atoms. The molecule has 2 rings (SSSR count). The number of alkyl halides is 7. The topological polar surface area (TPSA) is 108 Å². The highest BCUT2D eigenvalue weighted by molar-refractivity contribution is 5.55. The molecule has 0 aliphatic rings. The fourth-order valence-corrected chi connectivity index (χ4v) is 2.60. The molecule has 0 amide bonds. The molecule has 15 heteroatoms. The van der Waals surface area contributed by atoms with Crippen LogP contribution in [0.1, 0.15) is 11.1 Å². The van der Waals surface area contributed by atoms with E-state index in [0.29, 0.717) is 6.07 Å². The van der Waals surface area contributed by atoms with Gasteiger partial charge in [-0.05, 0) is 30.7 Å². The standard InChI is InChI=1S/C17H12F7N3O5/c18-15(19)17(23,24)32-11-3-1-9(2-4-11)25-6-5-12-13(16(20,21)22)7-10(26(28)29)8-14(12)27(30)31/h1-4,7-8,15,25H,5-6H2. The van der Waals surface area contributed by atoms with E-state index in [9.17, 15) is 51.0 Å². The summed E-state index contributed by atoms with van der Waals surface area (Å²) in [5.41, 5.74) is -4.38. The Bertz CT molecular complexity index is 997. The van der Waals surface area contributed by atoms with Crippen LogP contribution in [-0.2, 0) is 12.6 Å². The SMILES string of the molecule is O=[N+]([O-])c1cc([N+](=O)[O-])c(CCNc2ccc(OC(F)(F)C(F)F)cc2)c(C(F)(F)F)c1. The molecule has 0 aromatic heterocycles. The number of hydrogen-bond donors (Lipinski definition) is 1. The van der Waals surface area contributed by atoms with E-state index in [4.69, 9.17) is 0 Å². The highest BCUT2D eigenvalue weighted by Crippen LogP contribution is 2.39. The number of halogens is 7. The van der Waals surface area contributed by atoms with Gasteiger partial charge in [0.05, 0.1) is 21.5 Å². The second-order valence-corrected chi connectivity index (χ2v) is 6.17. The van der Waals surface area contributed by atoms with Crippen LogP contribution >= 0.6 is 0 Å². The molecule has 0 aliphatic heterocycles. The van der Waals surface area contributed by atoms with Crippen molar-refractivity contribution in [2.24, 2.45) is 0 Å². The van der Waals surface area contributed by atoms with Crippen molar-refractivity contribution in [1.29, 1.82) is 0 Å². The van der Waals surface area contributed by atoms with Gasteiger partial charge in [-0.1, -0.05) is 0 Å². The lowest BCUT2D eigenvalue weighted by Gasteiger charge is -2.17. The number of nitrogens with zero attached hydrogens (tertiary/aromatic N) is 2. The summed E-state index contributed by atoms with van der Waals surface area (Å²) in [6.07, 6.45) is -14.5. The largest absolute Gasteiger partial charge is 0.461 e. The smallest absolute Gasteiger partial charge is 0.428 e. The van der Waals surface area contributed by atoms with Crippen LogP contribution in [0.2, 0.25) is 0 Å². The summed E-state index contributed by atoms with van der Waals surface area (Å²) in [5, 5.41) is 24.6. The first-order valence-electron chi connectivity index (χ1n) is 8.44. The Kier molecular flexibility index (Phi) is 7.10. The average Bonchev–Trinajstić information content (AvgIpc) is 2.67. The highest BCUT2D eigenvalue weighted by Gasteiger charge is 2.44. The fourth-order valence-electron chi connectivity index (χ4n) is 2.60. The molecule has 0 heterocycles. The van der Waals surface area contributed by atoms with Gasteiger partial charge in [-0.25, -0.2) is 0 Å². The van der Waals surface area contributed by atoms with Crippen LogP contribution in [0.3, 0.4) is 0 Å². The van der Waals surface area contributed by atoms with E-state index in [1.54, 1.807) is 0 Å². The first-order valence-corrected chi connectivity index (χ1v) is 8.44. The van der Waals surface area contributed by atoms with Gasteiger partial charge in [-0.2, -0.15) is 30.7 Å². The van der Waals surface area contributed by atoms with Crippen LogP contribution in [0.5, 0.6) is 5.75 Å². The van der Waals surface area contributed by atoms with E-state index in [2.05, 4.69) is 10.1 Å². The summed E-state index contributed by atoms with van der Waals surface area (Å²) in [6, 6.07) is 4.61. The van der Waals surface area contributed by atoms with Crippen molar-refractivity contribution < 1.29 is 45.3 Å². The zero-order valence-electron chi connectivity index (χ0n) is 15.5. The minimum Gasteiger partial charge on any atom is -0.428 e. The lowest BCUT2D eigenvalue weighted by Crippen LogP contribution is -2.33. The van der Waals surface area contributed by atoms with Gasteiger partial charge >= 0.3 is 18.7 Å². The monoisotopic (exact) mass is 471 g/mol. The number of anilines is 1. The minimum absolute atomic E-state index is 0.149. The van der Waals surface area contributed by atoms with Gasteiger partial charge in [0.2, 0.25) is 0 Å². The van der Waals surface area contributed by atoms with Gasteiger partial charge in [0.25, 0.3) is 11.4 Å². The minimum atomic E-state index is -5.11. The number of nitrogens with one attached hydrogen (secondary N) is 1.